The van der Waals surface area contributed by atoms with E-state index >= 15 is 0 Å². The van der Waals surface area contributed by atoms with Gasteiger partial charge in [-0.25, -0.2) is 4.68 Å². The number of hydrogen-bond acceptors (Lipinski definition) is 2. The fourth-order valence-corrected chi connectivity index (χ4v) is 2.48. The lowest BCUT2D eigenvalue weighted by atomic mass is 10.1. The molecule has 1 heterocycles. The number of benzene rings is 2. The molecule has 2 aromatic carbocycles. The minimum absolute atomic E-state index is 0.123. The normalized spacial score (nSPS) is 10.6. The van der Waals surface area contributed by atoms with E-state index in [1.54, 1.807) is 29.2 Å². The first kappa shape index (κ1) is 16.3. The average Bonchev–Trinajstić information content (AvgIpc) is 3.07. The number of rotatable bonds is 5. The van der Waals surface area contributed by atoms with E-state index in [1.165, 1.54) is 11.1 Å². The van der Waals surface area contributed by atoms with Gasteiger partial charge in [0.1, 0.15) is 0 Å². The summed E-state index contributed by atoms with van der Waals surface area (Å²) in [7, 11) is 0. The molecule has 0 spiro atoms. The first-order chi connectivity index (χ1) is 11.6. The Morgan fingerprint density at radius 3 is 2.54 bits per heavy atom. The van der Waals surface area contributed by atoms with E-state index in [-0.39, 0.29) is 5.91 Å². The third-order valence-corrected chi connectivity index (χ3v) is 4.01. The van der Waals surface area contributed by atoms with Crippen molar-refractivity contribution in [2.45, 2.75) is 13.3 Å². The second-order valence-electron chi connectivity index (χ2n) is 5.64. The van der Waals surface area contributed by atoms with Gasteiger partial charge in [-0.1, -0.05) is 41.4 Å². The molecule has 0 saturated carbocycles. The first-order valence-corrected chi connectivity index (χ1v) is 8.14. The maximum Gasteiger partial charge on any atom is 0.254 e. The number of amides is 1. The first-order valence-electron chi connectivity index (χ1n) is 7.76. The van der Waals surface area contributed by atoms with Crippen molar-refractivity contribution in [1.82, 2.24) is 15.1 Å². The third kappa shape index (κ3) is 4.03. The average molecular weight is 340 g/mol. The largest absolute Gasteiger partial charge is 0.352 e. The Morgan fingerprint density at radius 1 is 1.12 bits per heavy atom. The van der Waals surface area contributed by atoms with Gasteiger partial charge < -0.3 is 5.32 Å². The lowest BCUT2D eigenvalue weighted by Crippen LogP contribution is -2.25. The minimum Gasteiger partial charge on any atom is -0.352 e. The van der Waals surface area contributed by atoms with Crippen LogP contribution in [0.5, 0.6) is 0 Å². The van der Waals surface area contributed by atoms with Crippen molar-refractivity contribution >= 4 is 17.5 Å². The van der Waals surface area contributed by atoms with Gasteiger partial charge in [-0.15, -0.1) is 0 Å². The Labute approximate surface area is 146 Å². The molecular formula is C19H18ClN3O. The Kier molecular flexibility index (Phi) is 4.96. The molecule has 24 heavy (non-hydrogen) atoms. The molecule has 0 atom stereocenters. The molecule has 0 aliphatic rings. The number of aryl methyl sites for hydroxylation is 1. The number of hydrogen-bond donors (Lipinski definition) is 1. The van der Waals surface area contributed by atoms with E-state index in [4.69, 9.17) is 11.6 Å². The van der Waals surface area contributed by atoms with Gasteiger partial charge in [0.15, 0.2) is 0 Å². The number of aromatic nitrogens is 2. The molecule has 0 fully saturated rings. The van der Waals surface area contributed by atoms with Crippen molar-refractivity contribution in [2.75, 3.05) is 6.54 Å². The lowest BCUT2D eigenvalue weighted by Gasteiger charge is -2.04. The predicted octanol–water partition coefficient (Wildman–Crippen LogP) is 3.81. The van der Waals surface area contributed by atoms with Gasteiger partial charge in [-0.2, -0.15) is 5.10 Å². The number of halogens is 1. The topological polar surface area (TPSA) is 46.9 Å². The number of carbonyl (C=O) groups is 1. The van der Waals surface area contributed by atoms with Crippen molar-refractivity contribution in [3.63, 3.8) is 0 Å². The van der Waals surface area contributed by atoms with Crippen LogP contribution in [-0.2, 0) is 6.42 Å². The zero-order chi connectivity index (χ0) is 16.9. The molecule has 0 aliphatic heterocycles. The van der Waals surface area contributed by atoms with Crippen LogP contribution in [-0.4, -0.2) is 22.2 Å². The molecule has 5 heteroatoms. The monoisotopic (exact) mass is 339 g/mol. The maximum atomic E-state index is 12.2. The Hall–Kier alpha value is -2.59. The van der Waals surface area contributed by atoms with Crippen molar-refractivity contribution in [3.05, 3.63) is 82.6 Å². The van der Waals surface area contributed by atoms with Crippen molar-refractivity contribution < 1.29 is 4.79 Å². The van der Waals surface area contributed by atoms with Gasteiger partial charge in [-0.05, 0) is 43.2 Å². The third-order valence-electron chi connectivity index (χ3n) is 3.76. The van der Waals surface area contributed by atoms with Gasteiger partial charge in [0, 0.05) is 17.8 Å². The van der Waals surface area contributed by atoms with Gasteiger partial charge in [0.25, 0.3) is 5.91 Å². The van der Waals surface area contributed by atoms with Crippen LogP contribution in [0.15, 0.2) is 60.9 Å². The summed E-state index contributed by atoms with van der Waals surface area (Å²) in [5, 5.41) is 7.82. The van der Waals surface area contributed by atoms with E-state index < -0.39 is 0 Å². The number of carbonyl (C=O) groups excluding carboxylic acids is 1. The van der Waals surface area contributed by atoms with Crippen LogP contribution in [0, 0.1) is 6.92 Å². The van der Waals surface area contributed by atoms with Crippen LogP contribution in [0.25, 0.3) is 5.69 Å². The molecule has 1 N–H and O–H groups in total. The Bertz CT molecular complexity index is 823. The molecule has 0 aliphatic carbocycles. The van der Waals surface area contributed by atoms with Gasteiger partial charge >= 0.3 is 0 Å². The SMILES string of the molecule is Cc1ccc(CCNC(=O)c2cnn(-c3ccc(Cl)cc3)c2)cc1. The summed E-state index contributed by atoms with van der Waals surface area (Å²) in [6.45, 7) is 2.65. The van der Waals surface area contributed by atoms with Gasteiger partial charge in [0.2, 0.25) is 0 Å². The summed E-state index contributed by atoms with van der Waals surface area (Å²) in [6, 6.07) is 15.6. The summed E-state index contributed by atoms with van der Waals surface area (Å²) < 4.78 is 1.66. The zero-order valence-electron chi connectivity index (χ0n) is 13.4. The van der Waals surface area contributed by atoms with E-state index in [9.17, 15) is 4.79 Å². The van der Waals surface area contributed by atoms with Gasteiger partial charge in [-0.3, -0.25) is 4.79 Å². The zero-order valence-corrected chi connectivity index (χ0v) is 14.1. The highest BCUT2D eigenvalue weighted by atomic mass is 35.5. The fourth-order valence-electron chi connectivity index (χ4n) is 2.35. The molecule has 0 bridgehead atoms. The second-order valence-corrected chi connectivity index (χ2v) is 6.08. The van der Waals surface area contributed by atoms with Crippen LogP contribution in [0.1, 0.15) is 21.5 Å². The van der Waals surface area contributed by atoms with Crippen LogP contribution in [0.4, 0.5) is 0 Å². The highest BCUT2D eigenvalue weighted by Crippen LogP contribution is 2.13. The lowest BCUT2D eigenvalue weighted by molar-refractivity contribution is 0.0954. The van der Waals surface area contributed by atoms with Gasteiger partial charge in [0.05, 0.1) is 17.4 Å². The molecule has 122 valence electrons. The molecule has 3 rings (SSSR count). The Balaban J connectivity index is 1.57. The van der Waals surface area contributed by atoms with Crippen LogP contribution < -0.4 is 5.32 Å². The molecule has 0 radical (unpaired) electrons. The second kappa shape index (κ2) is 7.32. The summed E-state index contributed by atoms with van der Waals surface area (Å²) in [5.41, 5.74) is 3.84. The summed E-state index contributed by atoms with van der Waals surface area (Å²) in [5.74, 6) is -0.123. The smallest absolute Gasteiger partial charge is 0.254 e. The fraction of sp³-hybridized carbons (Fsp3) is 0.158. The number of nitrogens with zero attached hydrogens (tertiary/aromatic N) is 2. The predicted molar refractivity (Wildman–Crippen MR) is 95.8 cm³/mol. The van der Waals surface area contributed by atoms with E-state index in [1.807, 2.05) is 12.1 Å². The highest BCUT2D eigenvalue weighted by molar-refractivity contribution is 6.30. The van der Waals surface area contributed by atoms with Crippen molar-refractivity contribution in [3.8, 4) is 5.69 Å². The summed E-state index contributed by atoms with van der Waals surface area (Å²) in [4.78, 5) is 12.2. The Morgan fingerprint density at radius 2 is 1.83 bits per heavy atom. The van der Waals surface area contributed by atoms with E-state index in [0.717, 1.165) is 12.1 Å². The quantitative estimate of drug-likeness (QED) is 0.768. The summed E-state index contributed by atoms with van der Waals surface area (Å²) in [6.07, 6.45) is 4.08. The minimum atomic E-state index is -0.123. The van der Waals surface area contributed by atoms with Crippen LogP contribution in [0.2, 0.25) is 5.02 Å². The molecular weight excluding hydrogens is 322 g/mol. The standard InChI is InChI=1S/C19H18ClN3O/c1-14-2-4-15(5-3-14)10-11-21-19(24)16-12-22-23(13-16)18-8-6-17(20)7-9-18/h2-9,12-13H,10-11H2,1H3,(H,21,24). The van der Waals surface area contributed by atoms with E-state index in [2.05, 4.69) is 41.6 Å². The van der Waals surface area contributed by atoms with Crippen molar-refractivity contribution in [2.24, 2.45) is 0 Å². The molecule has 4 nitrogen and oxygen atoms in total. The van der Waals surface area contributed by atoms with Crippen molar-refractivity contribution in [1.29, 1.82) is 0 Å². The molecule has 0 unspecified atom stereocenters. The van der Waals surface area contributed by atoms with E-state index in [0.29, 0.717) is 17.1 Å². The highest BCUT2D eigenvalue weighted by Gasteiger charge is 2.09. The molecule has 1 amide bonds. The molecule has 0 saturated heterocycles. The molecule has 3 aromatic rings. The maximum absolute atomic E-state index is 12.2. The summed E-state index contributed by atoms with van der Waals surface area (Å²) >= 11 is 5.88. The molecule has 1 aromatic heterocycles. The van der Waals surface area contributed by atoms with Crippen LogP contribution >= 0.6 is 11.6 Å². The van der Waals surface area contributed by atoms with Crippen LogP contribution in [0.3, 0.4) is 0 Å². The number of nitrogens with one attached hydrogen (secondary N) is 1.